The summed E-state index contributed by atoms with van der Waals surface area (Å²) < 4.78 is 13.6. The second-order valence-electron chi connectivity index (χ2n) is 14.2. The van der Waals surface area contributed by atoms with Gasteiger partial charge in [-0.05, 0) is 75.3 Å². The monoisotopic (exact) mass is 732 g/mol. The Bertz CT molecular complexity index is 2860. The molecule has 0 amide bonds. The Hall–Kier alpha value is -7.70. The third kappa shape index (κ3) is 5.34. The largest absolute Gasteiger partial charge is 0.449 e. The zero-order valence-electron chi connectivity index (χ0n) is 30.6. The SMILES string of the molecule is c1ccc(-c2nc(-c3cccc(-c4ccc5c(c4)Oc4ccc6c(c4O5)-c4ccccc4C6(c4ccccc4)c4ccccc4)c3)nc(-c3ccccn3)n2)cc1. The van der Waals surface area contributed by atoms with E-state index >= 15 is 0 Å². The number of nitrogens with zero attached hydrogens (tertiary/aromatic N) is 4. The first-order valence-corrected chi connectivity index (χ1v) is 19.0. The highest BCUT2D eigenvalue weighted by molar-refractivity contribution is 5.92. The van der Waals surface area contributed by atoms with Crippen LogP contribution in [0.25, 0.3) is 56.5 Å². The lowest BCUT2D eigenvalue weighted by Gasteiger charge is -2.34. The first-order valence-electron chi connectivity index (χ1n) is 19.0. The maximum atomic E-state index is 6.88. The molecular formula is C51H32N4O2. The van der Waals surface area contributed by atoms with Gasteiger partial charge in [0.15, 0.2) is 40.5 Å². The van der Waals surface area contributed by atoms with Gasteiger partial charge in [0.05, 0.1) is 5.41 Å². The van der Waals surface area contributed by atoms with Crippen LogP contribution < -0.4 is 9.47 Å². The Balaban J connectivity index is 0.985. The van der Waals surface area contributed by atoms with Crippen molar-refractivity contribution < 1.29 is 9.47 Å². The Morgan fingerprint density at radius 1 is 0.386 bits per heavy atom. The van der Waals surface area contributed by atoms with E-state index in [4.69, 9.17) is 24.4 Å². The van der Waals surface area contributed by atoms with E-state index in [1.54, 1.807) is 6.20 Å². The van der Waals surface area contributed by atoms with Crippen LogP contribution in [0.15, 0.2) is 194 Å². The topological polar surface area (TPSA) is 70.0 Å². The lowest BCUT2D eigenvalue weighted by molar-refractivity contribution is 0.360. The summed E-state index contributed by atoms with van der Waals surface area (Å²) in [6.45, 7) is 0. The highest BCUT2D eigenvalue weighted by atomic mass is 16.6. The molecule has 57 heavy (non-hydrogen) atoms. The fourth-order valence-electron chi connectivity index (χ4n) is 8.41. The van der Waals surface area contributed by atoms with E-state index in [9.17, 15) is 0 Å². The molecule has 1 aliphatic heterocycles. The van der Waals surface area contributed by atoms with Crippen LogP contribution in [0.3, 0.4) is 0 Å². The van der Waals surface area contributed by atoms with Crippen LogP contribution in [0.1, 0.15) is 22.3 Å². The molecule has 0 saturated heterocycles. The molecule has 0 saturated carbocycles. The van der Waals surface area contributed by atoms with Gasteiger partial charge in [0.1, 0.15) is 5.69 Å². The van der Waals surface area contributed by atoms with E-state index in [0.29, 0.717) is 40.4 Å². The average Bonchev–Trinajstić information content (AvgIpc) is 3.61. The van der Waals surface area contributed by atoms with Crippen molar-refractivity contribution in [3.8, 4) is 79.5 Å². The molecule has 6 nitrogen and oxygen atoms in total. The highest BCUT2D eigenvalue weighted by Gasteiger charge is 2.48. The van der Waals surface area contributed by atoms with Gasteiger partial charge in [0, 0.05) is 22.9 Å². The summed E-state index contributed by atoms with van der Waals surface area (Å²) >= 11 is 0. The van der Waals surface area contributed by atoms with Gasteiger partial charge < -0.3 is 9.47 Å². The quantitative estimate of drug-likeness (QED) is 0.169. The molecule has 6 heteroatoms. The Morgan fingerprint density at radius 3 is 1.75 bits per heavy atom. The molecule has 0 atom stereocenters. The zero-order chi connectivity index (χ0) is 37.8. The molecule has 0 unspecified atom stereocenters. The summed E-state index contributed by atoms with van der Waals surface area (Å²) in [7, 11) is 0. The summed E-state index contributed by atoms with van der Waals surface area (Å²) in [5, 5.41) is 0. The number of fused-ring (bicyclic) bond motifs is 6. The summed E-state index contributed by atoms with van der Waals surface area (Å²) in [6.07, 6.45) is 1.75. The molecule has 2 aliphatic rings. The van der Waals surface area contributed by atoms with Gasteiger partial charge in [0.25, 0.3) is 0 Å². The second kappa shape index (κ2) is 13.3. The molecule has 0 fully saturated rings. The van der Waals surface area contributed by atoms with Gasteiger partial charge in [0.2, 0.25) is 0 Å². The van der Waals surface area contributed by atoms with E-state index in [2.05, 4.69) is 120 Å². The molecule has 268 valence electrons. The molecule has 0 N–H and O–H groups in total. The van der Waals surface area contributed by atoms with Crippen LogP contribution in [0.2, 0.25) is 0 Å². The third-order valence-corrected chi connectivity index (χ3v) is 10.9. The number of rotatable bonds is 6. The van der Waals surface area contributed by atoms with Crippen LogP contribution in [0.4, 0.5) is 0 Å². The van der Waals surface area contributed by atoms with Crippen molar-refractivity contribution in [1.82, 2.24) is 19.9 Å². The molecule has 2 aromatic heterocycles. The third-order valence-electron chi connectivity index (χ3n) is 10.9. The number of ether oxygens (including phenoxy) is 2. The Kier molecular flexibility index (Phi) is 7.60. The van der Waals surface area contributed by atoms with E-state index in [1.165, 1.54) is 22.3 Å². The predicted molar refractivity (Wildman–Crippen MR) is 223 cm³/mol. The second-order valence-corrected chi connectivity index (χ2v) is 14.2. The fraction of sp³-hybridized carbons (Fsp3) is 0.0196. The number of pyridine rings is 1. The molecule has 0 bridgehead atoms. The normalized spacial score (nSPS) is 13.0. The predicted octanol–water partition coefficient (Wildman–Crippen LogP) is 12.2. The first kappa shape index (κ1) is 32.7. The van der Waals surface area contributed by atoms with E-state index in [1.807, 2.05) is 72.8 Å². The van der Waals surface area contributed by atoms with Crippen LogP contribution in [0, 0.1) is 0 Å². The molecule has 0 spiro atoms. The van der Waals surface area contributed by atoms with Crippen LogP contribution in [-0.2, 0) is 5.41 Å². The fourth-order valence-corrected chi connectivity index (χ4v) is 8.41. The maximum Gasteiger partial charge on any atom is 0.182 e. The van der Waals surface area contributed by atoms with E-state index < -0.39 is 5.41 Å². The van der Waals surface area contributed by atoms with Crippen molar-refractivity contribution in [2.24, 2.45) is 0 Å². The summed E-state index contributed by atoms with van der Waals surface area (Å²) in [5.41, 5.74) is 10.9. The smallest absolute Gasteiger partial charge is 0.182 e. The van der Waals surface area contributed by atoms with Crippen LogP contribution in [-0.4, -0.2) is 19.9 Å². The minimum Gasteiger partial charge on any atom is -0.449 e. The standard InChI is InChI=1S/C51H32N4O2/c1-4-15-33(16-5-1)48-53-49(55-50(54-48)42-25-12-13-30-52-42)36-18-14-17-34(31-36)35-26-28-43-45(32-35)56-44-29-27-41-46(47(44)57-43)39-23-10-11-24-40(39)51(41,37-19-6-2-7-20-37)38-21-8-3-9-22-38/h1-32H. The molecule has 0 radical (unpaired) electrons. The summed E-state index contributed by atoms with van der Waals surface area (Å²) in [5.74, 6) is 4.38. The number of benzene rings is 7. The van der Waals surface area contributed by atoms with E-state index in [-0.39, 0.29) is 0 Å². The molecule has 3 heterocycles. The van der Waals surface area contributed by atoms with Gasteiger partial charge in [-0.15, -0.1) is 0 Å². The Labute approximate surface area is 329 Å². The molecule has 9 aromatic rings. The minimum absolute atomic E-state index is 0.515. The van der Waals surface area contributed by atoms with Crippen molar-refractivity contribution in [2.75, 3.05) is 0 Å². The van der Waals surface area contributed by atoms with Gasteiger partial charge in [-0.1, -0.05) is 152 Å². The first-order chi connectivity index (χ1) is 28.2. The lowest BCUT2D eigenvalue weighted by Crippen LogP contribution is -2.28. The van der Waals surface area contributed by atoms with Crippen molar-refractivity contribution in [3.05, 3.63) is 217 Å². The van der Waals surface area contributed by atoms with Crippen LogP contribution >= 0.6 is 0 Å². The maximum absolute atomic E-state index is 6.88. The van der Waals surface area contributed by atoms with Crippen LogP contribution in [0.5, 0.6) is 23.0 Å². The lowest BCUT2D eigenvalue weighted by atomic mass is 9.68. The van der Waals surface area contributed by atoms with Gasteiger partial charge in [-0.25, -0.2) is 15.0 Å². The number of hydrogen-bond acceptors (Lipinski definition) is 6. The Morgan fingerprint density at radius 2 is 1.00 bits per heavy atom. The summed E-state index contributed by atoms with van der Waals surface area (Å²) in [6, 6.07) is 64.5. The van der Waals surface area contributed by atoms with Crippen molar-refractivity contribution in [2.45, 2.75) is 5.41 Å². The molecule has 1 aliphatic carbocycles. The van der Waals surface area contributed by atoms with E-state index in [0.717, 1.165) is 39.1 Å². The molecular weight excluding hydrogens is 701 g/mol. The summed E-state index contributed by atoms with van der Waals surface area (Å²) in [4.78, 5) is 19.2. The number of aromatic nitrogens is 4. The van der Waals surface area contributed by atoms with Gasteiger partial charge >= 0.3 is 0 Å². The minimum atomic E-state index is -0.527. The zero-order valence-corrected chi connectivity index (χ0v) is 30.6. The average molecular weight is 733 g/mol. The highest BCUT2D eigenvalue weighted by Crippen LogP contribution is 2.62. The van der Waals surface area contributed by atoms with Crippen molar-refractivity contribution >= 4 is 0 Å². The van der Waals surface area contributed by atoms with Gasteiger partial charge in [-0.2, -0.15) is 0 Å². The molecule has 7 aromatic carbocycles. The van der Waals surface area contributed by atoms with Gasteiger partial charge in [-0.3, -0.25) is 4.98 Å². The molecule has 11 rings (SSSR count). The van der Waals surface area contributed by atoms with Crippen molar-refractivity contribution in [1.29, 1.82) is 0 Å². The number of hydrogen-bond donors (Lipinski definition) is 0. The van der Waals surface area contributed by atoms with Crippen molar-refractivity contribution in [3.63, 3.8) is 0 Å².